The number of nitrogens with one attached hydrogen (secondary N) is 1. The molecule has 0 aromatic carbocycles. The zero-order valence-corrected chi connectivity index (χ0v) is 14.5. The van der Waals surface area contributed by atoms with Crippen molar-refractivity contribution in [3.05, 3.63) is 36.0 Å². The minimum atomic E-state index is -1.02. The highest BCUT2D eigenvalue weighted by atomic mass is 16.5. The van der Waals surface area contributed by atoms with E-state index in [1.165, 1.54) is 0 Å². The lowest BCUT2D eigenvalue weighted by Gasteiger charge is -2.23. The van der Waals surface area contributed by atoms with Crippen LogP contribution in [0.2, 0.25) is 0 Å². The first kappa shape index (κ1) is 17.3. The van der Waals surface area contributed by atoms with E-state index < -0.39 is 5.60 Å². The summed E-state index contributed by atoms with van der Waals surface area (Å²) in [5.41, 5.74) is -0.262. The molecule has 1 aliphatic rings. The van der Waals surface area contributed by atoms with Gasteiger partial charge in [0.1, 0.15) is 5.60 Å². The van der Waals surface area contributed by atoms with E-state index in [0.717, 1.165) is 12.1 Å². The van der Waals surface area contributed by atoms with Crippen LogP contribution in [0.1, 0.15) is 36.5 Å². The number of β-amino-alcohol motifs (C(OH)–C–C–N with tert-alkyl or cyclic N) is 1. The van der Waals surface area contributed by atoms with Crippen molar-refractivity contribution in [2.75, 3.05) is 24.5 Å². The molecule has 2 N–H and O–H groups in total. The van der Waals surface area contributed by atoms with Gasteiger partial charge in [0.25, 0.3) is 5.91 Å². The zero-order valence-electron chi connectivity index (χ0n) is 14.5. The van der Waals surface area contributed by atoms with Crippen LogP contribution in [-0.4, -0.2) is 51.4 Å². The maximum absolute atomic E-state index is 12.2. The van der Waals surface area contributed by atoms with Crippen molar-refractivity contribution in [3.63, 3.8) is 0 Å². The van der Waals surface area contributed by atoms with Crippen LogP contribution in [0.15, 0.2) is 29.0 Å². The van der Waals surface area contributed by atoms with Crippen LogP contribution in [0.25, 0.3) is 0 Å². The molecule has 0 spiro atoms. The van der Waals surface area contributed by atoms with E-state index in [1.54, 1.807) is 24.5 Å². The van der Waals surface area contributed by atoms with Crippen molar-refractivity contribution in [2.45, 2.75) is 32.3 Å². The number of hydrogen-bond donors (Lipinski definition) is 2. The first-order chi connectivity index (χ1) is 12.0. The molecule has 0 saturated carbocycles. The van der Waals surface area contributed by atoms with Crippen LogP contribution in [0.5, 0.6) is 0 Å². The summed E-state index contributed by atoms with van der Waals surface area (Å²) in [5.74, 6) is 0.815. The predicted molar refractivity (Wildman–Crippen MR) is 91.2 cm³/mol. The van der Waals surface area contributed by atoms with Gasteiger partial charge in [-0.3, -0.25) is 4.79 Å². The van der Waals surface area contributed by atoms with Gasteiger partial charge >= 0.3 is 0 Å². The molecular weight excluding hydrogens is 322 g/mol. The normalized spacial score (nSPS) is 20.2. The molecule has 134 valence electrons. The number of carbonyl (C=O) groups is 1. The predicted octanol–water partition coefficient (Wildman–Crippen LogP) is 1.03. The molecule has 0 aliphatic carbocycles. The van der Waals surface area contributed by atoms with Crippen LogP contribution >= 0.6 is 0 Å². The maximum atomic E-state index is 12.2. The second-order valence-corrected chi connectivity index (χ2v) is 6.91. The fourth-order valence-corrected chi connectivity index (χ4v) is 2.89. The third-order valence-electron chi connectivity index (χ3n) is 4.15. The molecule has 25 heavy (non-hydrogen) atoms. The van der Waals surface area contributed by atoms with Crippen molar-refractivity contribution >= 4 is 11.9 Å². The summed E-state index contributed by atoms with van der Waals surface area (Å²) in [7, 11) is 0. The number of aromatic nitrogens is 3. The Balaban J connectivity index is 1.54. The van der Waals surface area contributed by atoms with E-state index >= 15 is 0 Å². The van der Waals surface area contributed by atoms with E-state index in [9.17, 15) is 9.90 Å². The molecule has 8 nitrogen and oxygen atoms in total. The lowest BCUT2D eigenvalue weighted by molar-refractivity contribution is 0.0564. The highest BCUT2D eigenvalue weighted by Gasteiger charge is 2.37. The number of anilines is 1. The second kappa shape index (κ2) is 7.18. The average Bonchev–Trinajstić information content (AvgIpc) is 3.21. The van der Waals surface area contributed by atoms with Gasteiger partial charge in [-0.25, -0.2) is 9.97 Å². The summed E-state index contributed by atoms with van der Waals surface area (Å²) in [6.45, 7) is 5.29. The van der Waals surface area contributed by atoms with Gasteiger partial charge < -0.3 is 19.8 Å². The van der Waals surface area contributed by atoms with E-state index in [0.29, 0.717) is 31.4 Å². The van der Waals surface area contributed by atoms with Crippen molar-refractivity contribution in [2.24, 2.45) is 5.92 Å². The molecule has 2 aromatic rings. The Bertz CT molecular complexity index is 718. The van der Waals surface area contributed by atoms with E-state index in [2.05, 4.69) is 34.3 Å². The van der Waals surface area contributed by atoms with Gasteiger partial charge in [-0.05, 0) is 24.8 Å². The SMILES string of the molecule is CC(C)Cc1cc(C(=O)NC[C@@]2(O)CCN(c3ncccn3)C2)on1. The molecular formula is C17H23N5O3. The fraction of sp³-hybridized carbons (Fsp3) is 0.529. The van der Waals surface area contributed by atoms with Crippen molar-refractivity contribution in [1.82, 2.24) is 20.4 Å². The molecule has 0 bridgehead atoms. The summed E-state index contributed by atoms with van der Waals surface area (Å²) in [6, 6.07) is 3.40. The molecule has 1 fully saturated rings. The molecule has 1 aliphatic heterocycles. The first-order valence-electron chi connectivity index (χ1n) is 8.43. The number of hydrogen-bond acceptors (Lipinski definition) is 7. The van der Waals surface area contributed by atoms with Crippen molar-refractivity contribution in [3.8, 4) is 0 Å². The number of nitrogens with zero attached hydrogens (tertiary/aromatic N) is 4. The highest BCUT2D eigenvalue weighted by Crippen LogP contribution is 2.23. The molecule has 1 atom stereocenters. The zero-order chi connectivity index (χ0) is 17.9. The van der Waals surface area contributed by atoms with E-state index in [1.807, 2.05) is 4.90 Å². The van der Waals surface area contributed by atoms with Gasteiger partial charge in [-0.15, -0.1) is 0 Å². The molecule has 0 unspecified atom stereocenters. The number of aliphatic hydroxyl groups is 1. The van der Waals surface area contributed by atoms with Gasteiger partial charge in [0.05, 0.1) is 12.2 Å². The Hall–Kier alpha value is -2.48. The molecule has 3 rings (SSSR count). The summed E-state index contributed by atoms with van der Waals surface area (Å²) in [4.78, 5) is 22.5. The van der Waals surface area contributed by atoms with Crippen LogP contribution in [-0.2, 0) is 6.42 Å². The van der Waals surface area contributed by atoms with Crippen molar-refractivity contribution < 1.29 is 14.4 Å². The molecule has 1 saturated heterocycles. The number of rotatable bonds is 6. The summed E-state index contributed by atoms with van der Waals surface area (Å²) in [6.07, 6.45) is 4.62. The van der Waals surface area contributed by atoms with E-state index in [4.69, 9.17) is 4.52 Å². The van der Waals surface area contributed by atoms with E-state index in [-0.39, 0.29) is 18.2 Å². The molecule has 3 heterocycles. The number of carbonyl (C=O) groups excluding carboxylic acids is 1. The third-order valence-corrected chi connectivity index (χ3v) is 4.15. The minimum Gasteiger partial charge on any atom is -0.386 e. The summed E-state index contributed by atoms with van der Waals surface area (Å²) >= 11 is 0. The van der Waals surface area contributed by atoms with Crippen LogP contribution in [0.4, 0.5) is 5.95 Å². The Kier molecular flexibility index (Phi) is 4.98. The van der Waals surface area contributed by atoms with Gasteiger partial charge in [-0.2, -0.15) is 0 Å². The average molecular weight is 345 g/mol. The Morgan fingerprint density at radius 3 is 2.92 bits per heavy atom. The van der Waals surface area contributed by atoms with Gasteiger partial charge in [0, 0.05) is 31.5 Å². The topological polar surface area (TPSA) is 104 Å². The molecule has 2 aromatic heterocycles. The van der Waals surface area contributed by atoms with Gasteiger partial charge in [0.15, 0.2) is 0 Å². The number of amides is 1. The Morgan fingerprint density at radius 1 is 1.44 bits per heavy atom. The van der Waals surface area contributed by atoms with Crippen LogP contribution in [0.3, 0.4) is 0 Å². The summed E-state index contributed by atoms with van der Waals surface area (Å²) < 4.78 is 5.09. The standard InChI is InChI=1S/C17H23N5O3/c1-12(2)8-13-9-14(25-21-13)15(23)20-10-17(24)4-7-22(11-17)16-18-5-3-6-19-16/h3,5-6,9,12,24H,4,7-8,10-11H2,1-2H3,(H,20,23)/t17-/m0/s1. The first-order valence-corrected chi connectivity index (χ1v) is 8.43. The largest absolute Gasteiger partial charge is 0.386 e. The fourth-order valence-electron chi connectivity index (χ4n) is 2.89. The quantitative estimate of drug-likeness (QED) is 0.806. The lowest BCUT2D eigenvalue weighted by atomic mass is 10.0. The monoisotopic (exact) mass is 345 g/mol. The minimum absolute atomic E-state index is 0.134. The Morgan fingerprint density at radius 2 is 2.20 bits per heavy atom. The highest BCUT2D eigenvalue weighted by molar-refractivity contribution is 5.91. The second-order valence-electron chi connectivity index (χ2n) is 6.91. The smallest absolute Gasteiger partial charge is 0.290 e. The Labute approximate surface area is 146 Å². The van der Waals surface area contributed by atoms with Crippen LogP contribution in [0, 0.1) is 5.92 Å². The molecule has 0 radical (unpaired) electrons. The summed E-state index contributed by atoms with van der Waals surface area (Å²) in [5, 5.41) is 17.3. The molecule has 1 amide bonds. The molecule has 8 heteroatoms. The van der Waals surface area contributed by atoms with Gasteiger partial charge in [0.2, 0.25) is 11.7 Å². The third kappa shape index (κ3) is 4.33. The van der Waals surface area contributed by atoms with Crippen molar-refractivity contribution in [1.29, 1.82) is 0 Å². The van der Waals surface area contributed by atoms with Gasteiger partial charge in [-0.1, -0.05) is 19.0 Å². The lowest BCUT2D eigenvalue weighted by Crippen LogP contribution is -2.45. The van der Waals surface area contributed by atoms with Crippen LogP contribution < -0.4 is 10.2 Å². The maximum Gasteiger partial charge on any atom is 0.290 e.